The van der Waals surface area contributed by atoms with E-state index < -0.39 is 35.6 Å². The van der Waals surface area contributed by atoms with E-state index >= 15 is 0 Å². The van der Waals surface area contributed by atoms with Crippen LogP contribution in [0.2, 0.25) is 0 Å². The van der Waals surface area contributed by atoms with Crippen molar-refractivity contribution in [2.75, 3.05) is 6.54 Å². The fourth-order valence-electron chi connectivity index (χ4n) is 3.85. The maximum atomic E-state index is 12.9. The molecular weight excluding hydrogens is 435 g/mol. The molecule has 5 nitrogen and oxygen atoms in total. The van der Waals surface area contributed by atoms with Crippen molar-refractivity contribution < 1.29 is 32.5 Å². The molecule has 3 atom stereocenters. The minimum absolute atomic E-state index is 0.154. The quantitative estimate of drug-likeness (QED) is 0.591. The number of aliphatic hydroxyl groups excluding tert-OH is 1. The highest BCUT2D eigenvalue weighted by Gasteiger charge is 2.36. The van der Waals surface area contributed by atoms with Crippen LogP contribution in [0.1, 0.15) is 57.3 Å². The zero-order chi connectivity index (χ0) is 24.2. The molecule has 33 heavy (non-hydrogen) atoms. The molecule has 1 aliphatic rings. The lowest BCUT2D eigenvalue weighted by atomic mass is 9.93. The number of carbonyl (C=O) groups excluding carboxylic acids is 1. The lowest BCUT2D eigenvalue weighted by Crippen LogP contribution is -2.51. The molecule has 0 radical (unpaired) electrons. The van der Waals surface area contributed by atoms with Gasteiger partial charge in [0.2, 0.25) is 0 Å². The number of alkyl halides is 3. The second-order valence-electron chi connectivity index (χ2n) is 9.29. The molecule has 180 valence electrons. The molecule has 0 aromatic heterocycles. The number of nitrogens with zero attached hydrogens (tertiary/aromatic N) is 1. The first-order chi connectivity index (χ1) is 15.4. The summed E-state index contributed by atoms with van der Waals surface area (Å²) in [7, 11) is 0. The molecule has 1 heterocycles. The van der Waals surface area contributed by atoms with Crippen molar-refractivity contribution in [1.29, 1.82) is 0 Å². The molecule has 1 saturated heterocycles. The van der Waals surface area contributed by atoms with Crippen molar-refractivity contribution in [3.8, 4) is 5.75 Å². The SMILES string of the molecule is CC(C)(C)OC(=O)N1C[C@@H](O)CC[C@@H]1C[C@@H](Oc1ccc(C(F)(F)F)cc1)c1ccccc1. The number of β-amino-alcohol motifs (C(OH)–C–C–N with tert-alkyl or cyclic N) is 1. The standard InChI is InChI=1S/C25H30F3NO4/c1-24(2,3)33-23(31)29-16-20(30)12-11-19(29)15-22(17-7-5-4-6-8-17)32-21-13-9-18(10-14-21)25(26,27)28/h4-10,13-14,19-20,22,30H,11-12,15-16H2,1-3H3/t19-,20+,22-/m1/s1. The van der Waals surface area contributed by atoms with Crippen LogP contribution in [-0.2, 0) is 10.9 Å². The Morgan fingerprint density at radius 2 is 1.70 bits per heavy atom. The van der Waals surface area contributed by atoms with Crippen molar-refractivity contribution in [2.45, 2.75) is 70.1 Å². The largest absolute Gasteiger partial charge is 0.486 e. The summed E-state index contributed by atoms with van der Waals surface area (Å²) in [4.78, 5) is 14.4. The van der Waals surface area contributed by atoms with E-state index in [0.717, 1.165) is 17.7 Å². The molecule has 1 N–H and O–H groups in total. The first-order valence-electron chi connectivity index (χ1n) is 11.0. The molecule has 0 saturated carbocycles. The van der Waals surface area contributed by atoms with Gasteiger partial charge in [-0.3, -0.25) is 0 Å². The van der Waals surface area contributed by atoms with Crippen LogP contribution in [0, 0.1) is 0 Å². The van der Waals surface area contributed by atoms with Gasteiger partial charge in [-0.05, 0) is 63.4 Å². The molecular formula is C25H30F3NO4. The normalized spacial score (nSPS) is 20.3. The summed E-state index contributed by atoms with van der Waals surface area (Å²) in [6.45, 7) is 5.49. The maximum Gasteiger partial charge on any atom is 0.416 e. The second-order valence-corrected chi connectivity index (χ2v) is 9.29. The molecule has 2 aromatic carbocycles. The zero-order valence-corrected chi connectivity index (χ0v) is 19.0. The van der Waals surface area contributed by atoms with Gasteiger partial charge in [-0.2, -0.15) is 13.2 Å². The average Bonchev–Trinajstić information content (AvgIpc) is 2.73. The molecule has 3 rings (SSSR count). The van der Waals surface area contributed by atoms with Gasteiger partial charge in [-0.1, -0.05) is 30.3 Å². The van der Waals surface area contributed by atoms with E-state index in [-0.39, 0.29) is 12.6 Å². The van der Waals surface area contributed by atoms with Gasteiger partial charge in [-0.15, -0.1) is 0 Å². The molecule has 8 heteroatoms. The first-order valence-corrected chi connectivity index (χ1v) is 11.0. The number of carbonyl (C=O) groups is 1. The van der Waals surface area contributed by atoms with Crippen molar-refractivity contribution in [3.05, 3.63) is 65.7 Å². The molecule has 0 unspecified atom stereocenters. The van der Waals surface area contributed by atoms with Crippen LogP contribution in [0.5, 0.6) is 5.75 Å². The van der Waals surface area contributed by atoms with E-state index in [1.165, 1.54) is 17.0 Å². The molecule has 0 aliphatic carbocycles. The number of benzene rings is 2. The van der Waals surface area contributed by atoms with E-state index in [0.29, 0.717) is 25.0 Å². The van der Waals surface area contributed by atoms with Crippen LogP contribution in [0.3, 0.4) is 0 Å². The number of ether oxygens (including phenoxy) is 2. The minimum Gasteiger partial charge on any atom is -0.486 e. The highest BCUT2D eigenvalue weighted by atomic mass is 19.4. The van der Waals surface area contributed by atoms with Crippen LogP contribution in [0.15, 0.2) is 54.6 Å². The third-order valence-electron chi connectivity index (χ3n) is 5.43. The Balaban J connectivity index is 1.82. The smallest absolute Gasteiger partial charge is 0.416 e. The number of aliphatic hydroxyl groups is 1. The van der Waals surface area contributed by atoms with Gasteiger partial charge in [0, 0.05) is 12.5 Å². The van der Waals surface area contributed by atoms with Gasteiger partial charge < -0.3 is 19.5 Å². The van der Waals surface area contributed by atoms with Gasteiger partial charge in [-0.25, -0.2) is 4.79 Å². The Hall–Kier alpha value is -2.74. The minimum atomic E-state index is -4.42. The number of halogens is 3. The van der Waals surface area contributed by atoms with E-state index in [1.54, 1.807) is 20.8 Å². The van der Waals surface area contributed by atoms with Crippen molar-refractivity contribution in [3.63, 3.8) is 0 Å². The number of likely N-dealkylation sites (tertiary alicyclic amines) is 1. The summed E-state index contributed by atoms with van der Waals surface area (Å²) >= 11 is 0. The van der Waals surface area contributed by atoms with Crippen molar-refractivity contribution in [1.82, 2.24) is 4.90 Å². The van der Waals surface area contributed by atoms with Gasteiger partial charge >= 0.3 is 12.3 Å². The van der Waals surface area contributed by atoms with Gasteiger partial charge in [0.05, 0.1) is 18.2 Å². The van der Waals surface area contributed by atoms with Gasteiger partial charge in [0.1, 0.15) is 17.5 Å². The number of amides is 1. The topological polar surface area (TPSA) is 59.0 Å². The second kappa shape index (κ2) is 10.0. The molecule has 1 aliphatic heterocycles. The van der Waals surface area contributed by atoms with Crippen molar-refractivity contribution in [2.24, 2.45) is 0 Å². The summed E-state index contributed by atoms with van der Waals surface area (Å²) in [6.07, 6.45) is -4.59. The molecule has 0 bridgehead atoms. The third-order valence-corrected chi connectivity index (χ3v) is 5.43. The highest BCUT2D eigenvalue weighted by Crippen LogP contribution is 2.34. The Morgan fingerprint density at radius 1 is 1.06 bits per heavy atom. The highest BCUT2D eigenvalue weighted by molar-refractivity contribution is 5.68. The first kappa shape index (κ1) is 24.9. The van der Waals surface area contributed by atoms with Crippen molar-refractivity contribution >= 4 is 6.09 Å². The van der Waals surface area contributed by atoms with Crippen LogP contribution in [0.25, 0.3) is 0 Å². The summed E-state index contributed by atoms with van der Waals surface area (Å²) in [5.74, 6) is 0.302. The lowest BCUT2D eigenvalue weighted by molar-refractivity contribution is -0.137. The Labute approximate surface area is 192 Å². The molecule has 1 amide bonds. The van der Waals surface area contributed by atoms with E-state index in [4.69, 9.17) is 9.47 Å². The van der Waals surface area contributed by atoms with E-state index in [9.17, 15) is 23.1 Å². The predicted molar refractivity (Wildman–Crippen MR) is 118 cm³/mol. The van der Waals surface area contributed by atoms with E-state index in [2.05, 4.69) is 0 Å². The third kappa shape index (κ3) is 7.12. The van der Waals surface area contributed by atoms with Crippen LogP contribution in [0.4, 0.5) is 18.0 Å². The summed E-state index contributed by atoms with van der Waals surface area (Å²) in [6, 6.07) is 13.6. The Kier molecular flexibility index (Phi) is 7.57. The van der Waals surface area contributed by atoms with Crippen LogP contribution >= 0.6 is 0 Å². The number of piperidine rings is 1. The predicted octanol–water partition coefficient (Wildman–Crippen LogP) is 5.98. The zero-order valence-electron chi connectivity index (χ0n) is 19.0. The van der Waals surface area contributed by atoms with Gasteiger partial charge in [0.25, 0.3) is 0 Å². The number of hydrogen-bond acceptors (Lipinski definition) is 4. The Morgan fingerprint density at radius 3 is 2.27 bits per heavy atom. The Bertz CT molecular complexity index is 910. The fourth-order valence-corrected chi connectivity index (χ4v) is 3.85. The van der Waals surface area contributed by atoms with E-state index in [1.807, 2.05) is 30.3 Å². The van der Waals surface area contributed by atoms with Gasteiger partial charge in [0.15, 0.2) is 0 Å². The maximum absolute atomic E-state index is 12.9. The average molecular weight is 466 g/mol. The van der Waals surface area contributed by atoms with Crippen LogP contribution < -0.4 is 4.74 Å². The molecule has 2 aromatic rings. The molecule has 0 spiro atoms. The lowest BCUT2D eigenvalue weighted by Gasteiger charge is -2.40. The summed E-state index contributed by atoms with van der Waals surface area (Å²) in [5, 5.41) is 10.2. The fraction of sp³-hybridized carbons (Fsp3) is 0.480. The number of rotatable bonds is 5. The summed E-state index contributed by atoms with van der Waals surface area (Å²) < 4.78 is 50.4. The summed E-state index contributed by atoms with van der Waals surface area (Å²) in [5.41, 5.74) is -0.587. The number of hydrogen-bond donors (Lipinski definition) is 1. The monoisotopic (exact) mass is 465 g/mol. The van der Waals surface area contributed by atoms with Crippen LogP contribution in [-0.4, -0.2) is 40.4 Å². The molecule has 1 fully saturated rings.